The Labute approximate surface area is 194 Å². The van der Waals surface area contributed by atoms with Crippen molar-refractivity contribution in [1.29, 1.82) is 0 Å². The van der Waals surface area contributed by atoms with Crippen LogP contribution in [-0.2, 0) is 14.3 Å². The molecule has 2 saturated heterocycles. The zero-order valence-electron chi connectivity index (χ0n) is 19.0. The van der Waals surface area contributed by atoms with Crippen molar-refractivity contribution in [3.05, 3.63) is 54.1 Å². The van der Waals surface area contributed by atoms with E-state index < -0.39 is 11.9 Å². The number of piperazine rings is 1. The largest absolute Gasteiger partial charge is 0.452 e. The van der Waals surface area contributed by atoms with Gasteiger partial charge < -0.3 is 24.8 Å². The van der Waals surface area contributed by atoms with Gasteiger partial charge in [-0.3, -0.25) is 9.59 Å². The van der Waals surface area contributed by atoms with Crippen molar-refractivity contribution in [1.82, 2.24) is 4.90 Å². The van der Waals surface area contributed by atoms with Crippen LogP contribution < -0.4 is 15.1 Å². The molecule has 0 saturated carbocycles. The summed E-state index contributed by atoms with van der Waals surface area (Å²) >= 11 is 0. The summed E-state index contributed by atoms with van der Waals surface area (Å²) < 4.78 is 5.18. The molecule has 0 spiro atoms. The van der Waals surface area contributed by atoms with Crippen molar-refractivity contribution in [2.75, 3.05) is 61.0 Å². The molecule has 2 aromatic rings. The first-order valence-electron chi connectivity index (χ1n) is 11.5. The molecule has 0 bridgehead atoms. The van der Waals surface area contributed by atoms with Crippen LogP contribution in [0.2, 0.25) is 0 Å². The smallest absolute Gasteiger partial charge is 0.338 e. The average molecular weight is 451 g/mol. The van der Waals surface area contributed by atoms with E-state index in [9.17, 15) is 14.4 Å². The van der Waals surface area contributed by atoms with Gasteiger partial charge in [0.25, 0.3) is 5.91 Å². The zero-order chi connectivity index (χ0) is 23.2. The fraction of sp³-hybridized carbons (Fsp3) is 0.400. The predicted octanol–water partition coefficient (Wildman–Crippen LogP) is 2.75. The van der Waals surface area contributed by atoms with E-state index >= 15 is 0 Å². The Hall–Kier alpha value is -3.39. The van der Waals surface area contributed by atoms with Gasteiger partial charge in [-0.1, -0.05) is 13.0 Å². The summed E-state index contributed by atoms with van der Waals surface area (Å²) in [5, 5.41) is 2.76. The fourth-order valence-electron chi connectivity index (χ4n) is 4.21. The van der Waals surface area contributed by atoms with Gasteiger partial charge in [0.1, 0.15) is 0 Å². The number of hydrogen-bond acceptors (Lipinski definition) is 6. The summed E-state index contributed by atoms with van der Waals surface area (Å²) in [5.74, 6) is -0.951. The Bertz CT molecular complexity index is 1000. The number of hydrogen-bond donors (Lipinski definition) is 1. The summed E-state index contributed by atoms with van der Waals surface area (Å²) in [6.45, 7) is 7.60. The minimum atomic E-state index is -0.597. The lowest BCUT2D eigenvalue weighted by atomic mass is 10.2. The minimum Gasteiger partial charge on any atom is -0.452 e. The number of esters is 1. The highest BCUT2D eigenvalue weighted by molar-refractivity contribution is 5.98. The lowest BCUT2D eigenvalue weighted by Gasteiger charge is -2.35. The molecular formula is C25H30N4O4. The number of nitrogens with one attached hydrogen (secondary N) is 1. The number of ether oxygens (including phenoxy) is 1. The molecule has 2 aliphatic rings. The standard InChI is InChI=1S/C25H30N4O4/c1-2-27-13-15-28(16-14-27)21-10-8-20(9-11-21)26-23(30)18-33-25(32)19-5-3-6-22(17-19)29-12-4-7-24(29)31/h3,5-6,8-11,17H,2,4,7,12-16,18H2,1H3,(H,26,30). The number of carbonyl (C=O) groups excluding carboxylic acids is 3. The van der Waals surface area contributed by atoms with Crippen molar-refractivity contribution in [2.24, 2.45) is 0 Å². The first-order chi connectivity index (χ1) is 16.0. The van der Waals surface area contributed by atoms with Gasteiger partial charge in [0.05, 0.1) is 5.56 Å². The van der Waals surface area contributed by atoms with Crippen LogP contribution in [0.4, 0.5) is 17.1 Å². The van der Waals surface area contributed by atoms with Crippen LogP contribution in [0, 0.1) is 0 Å². The van der Waals surface area contributed by atoms with Crippen LogP contribution in [0.3, 0.4) is 0 Å². The molecule has 8 heteroatoms. The maximum Gasteiger partial charge on any atom is 0.338 e. The quantitative estimate of drug-likeness (QED) is 0.654. The van der Waals surface area contributed by atoms with Crippen molar-refractivity contribution in [2.45, 2.75) is 19.8 Å². The Morgan fingerprint density at radius 3 is 2.39 bits per heavy atom. The van der Waals surface area contributed by atoms with E-state index in [1.54, 1.807) is 29.2 Å². The van der Waals surface area contributed by atoms with E-state index in [-0.39, 0.29) is 12.5 Å². The number of likely N-dealkylation sites (N-methyl/N-ethyl adjacent to an activating group) is 1. The number of carbonyl (C=O) groups is 3. The maximum atomic E-state index is 12.4. The second-order valence-corrected chi connectivity index (χ2v) is 8.29. The van der Waals surface area contributed by atoms with Crippen molar-refractivity contribution < 1.29 is 19.1 Å². The molecule has 0 aliphatic carbocycles. The highest BCUT2D eigenvalue weighted by atomic mass is 16.5. The Morgan fingerprint density at radius 1 is 0.970 bits per heavy atom. The molecule has 174 valence electrons. The summed E-state index contributed by atoms with van der Waals surface area (Å²) in [7, 11) is 0. The second kappa shape index (κ2) is 10.5. The van der Waals surface area contributed by atoms with Crippen LogP contribution in [0.25, 0.3) is 0 Å². The first-order valence-corrected chi connectivity index (χ1v) is 11.5. The van der Waals surface area contributed by atoms with Crippen molar-refractivity contribution in [3.8, 4) is 0 Å². The first kappa shape index (κ1) is 22.8. The predicted molar refractivity (Wildman–Crippen MR) is 128 cm³/mol. The molecular weight excluding hydrogens is 420 g/mol. The molecule has 0 atom stereocenters. The monoisotopic (exact) mass is 450 g/mol. The molecule has 0 aromatic heterocycles. The lowest BCUT2D eigenvalue weighted by molar-refractivity contribution is -0.119. The van der Waals surface area contributed by atoms with Gasteiger partial charge in [-0.05, 0) is 55.4 Å². The van der Waals surface area contributed by atoms with Gasteiger partial charge >= 0.3 is 5.97 Å². The molecule has 8 nitrogen and oxygen atoms in total. The van der Waals surface area contributed by atoms with Gasteiger partial charge in [-0.15, -0.1) is 0 Å². The second-order valence-electron chi connectivity index (χ2n) is 8.29. The Balaban J connectivity index is 1.26. The van der Waals surface area contributed by atoms with Crippen LogP contribution in [-0.4, -0.2) is 68.6 Å². The third-order valence-corrected chi connectivity index (χ3v) is 6.14. The molecule has 33 heavy (non-hydrogen) atoms. The molecule has 2 aromatic carbocycles. The Morgan fingerprint density at radius 2 is 1.73 bits per heavy atom. The summed E-state index contributed by atoms with van der Waals surface area (Å²) in [4.78, 5) is 43.0. The number of amides is 2. The molecule has 4 rings (SSSR count). The summed E-state index contributed by atoms with van der Waals surface area (Å²) in [6, 6.07) is 14.4. The maximum absolute atomic E-state index is 12.4. The lowest BCUT2D eigenvalue weighted by Crippen LogP contribution is -2.46. The summed E-state index contributed by atoms with van der Waals surface area (Å²) in [6.07, 6.45) is 1.33. The Kier molecular flexibility index (Phi) is 7.24. The van der Waals surface area contributed by atoms with Gasteiger partial charge in [0.15, 0.2) is 6.61 Å². The molecule has 0 radical (unpaired) electrons. The normalized spacial score (nSPS) is 16.7. The van der Waals surface area contributed by atoms with E-state index in [0.717, 1.165) is 44.8 Å². The van der Waals surface area contributed by atoms with E-state index in [1.165, 1.54) is 0 Å². The van der Waals surface area contributed by atoms with Crippen LogP contribution in [0.1, 0.15) is 30.1 Å². The molecule has 2 amide bonds. The van der Waals surface area contributed by atoms with Gasteiger partial charge in [0, 0.05) is 56.2 Å². The van der Waals surface area contributed by atoms with Gasteiger partial charge in [-0.25, -0.2) is 4.79 Å². The number of nitrogens with zero attached hydrogens (tertiary/aromatic N) is 3. The van der Waals surface area contributed by atoms with Gasteiger partial charge in [-0.2, -0.15) is 0 Å². The molecule has 2 fully saturated rings. The highest BCUT2D eigenvalue weighted by Gasteiger charge is 2.22. The molecule has 2 aliphatic heterocycles. The number of benzene rings is 2. The SMILES string of the molecule is CCN1CCN(c2ccc(NC(=O)COC(=O)c3cccc(N4CCCC4=O)c3)cc2)CC1. The van der Waals surface area contributed by atoms with E-state index in [2.05, 4.69) is 22.0 Å². The third kappa shape index (κ3) is 5.70. The van der Waals surface area contributed by atoms with Crippen LogP contribution in [0.15, 0.2) is 48.5 Å². The fourth-order valence-corrected chi connectivity index (χ4v) is 4.21. The van der Waals surface area contributed by atoms with E-state index in [4.69, 9.17) is 4.74 Å². The summed E-state index contributed by atoms with van der Waals surface area (Å²) in [5.41, 5.74) is 2.77. The van der Waals surface area contributed by atoms with Crippen molar-refractivity contribution in [3.63, 3.8) is 0 Å². The highest BCUT2D eigenvalue weighted by Crippen LogP contribution is 2.23. The number of anilines is 3. The molecule has 0 unspecified atom stereocenters. The van der Waals surface area contributed by atoms with Gasteiger partial charge in [0.2, 0.25) is 5.91 Å². The van der Waals surface area contributed by atoms with Crippen LogP contribution >= 0.6 is 0 Å². The van der Waals surface area contributed by atoms with E-state index in [1.807, 2.05) is 24.3 Å². The average Bonchev–Trinajstić information content (AvgIpc) is 3.29. The topological polar surface area (TPSA) is 82.2 Å². The van der Waals surface area contributed by atoms with Crippen LogP contribution in [0.5, 0.6) is 0 Å². The zero-order valence-corrected chi connectivity index (χ0v) is 19.0. The molecule has 1 N–H and O–H groups in total. The van der Waals surface area contributed by atoms with Crippen molar-refractivity contribution >= 4 is 34.8 Å². The minimum absolute atomic E-state index is 0.0501. The van der Waals surface area contributed by atoms with E-state index in [0.29, 0.717) is 29.9 Å². The third-order valence-electron chi connectivity index (χ3n) is 6.14. The molecule has 2 heterocycles. The number of rotatable bonds is 7.